The number of thiazole rings is 1. The molecule has 0 unspecified atom stereocenters. The molecule has 0 saturated carbocycles. The van der Waals surface area contributed by atoms with E-state index in [9.17, 15) is 4.79 Å². The van der Waals surface area contributed by atoms with Crippen LogP contribution in [0.2, 0.25) is 0 Å². The molecule has 3 heterocycles. The van der Waals surface area contributed by atoms with Crippen LogP contribution in [-0.4, -0.2) is 30.6 Å². The first-order chi connectivity index (χ1) is 13.7. The van der Waals surface area contributed by atoms with Crippen LogP contribution in [-0.2, 0) is 19.4 Å². The molecule has 5 rings (SSSR count). The quantitative estimate of drug-likeness (QED) is 0.559. The predicted octanol–water partition coefficient (Wildman–Crippen LogP) is 3.44. The summed E-state index contributed by atoms with van der Waals surface area (Å²) in [4.78, 5) is 26.1. The number of H-pyrrole nitrogens is 1. The van der Waals surface area contributed by atoms with Crippen molar-refractivity contribution >= 4 is 22.9 Å². The Hall–Kier alpha value is -3.26. The SMILES string of the molecule is Cc1nc2c(s1)CCc1[nH]cc(C(=O)Nc3ccc(Cn4cncn4)cc3)c1-2. The van der Waals surface area contributed by atoms with Crippen molar-refractivity contribution in [2.45, 2.75) is 26.3 Å². The van der Waals surface area contributed by atoms with Gasteiger partial charge in [-0.2, -0.15) is 5.10 Å². The van der Waals surface area contributed by atoms with E-state index in [0.717, 1.165) is 46.1 Å². The number of benzene rings is 1. The highest BCUT2D eigenvalue weighted by molar-refractivity contribution is 7.12. The van der Waals surface area contributed by atoms with Crippen molar-refractivity contribution in [3.8, 4) is 11.3 Å². The Bertz CT molecular complexity index is 1140. The van der Waals surface area contributed by atoms with Crippen LogP contribution in [0.15, 0.2) is 43.1 Å². The molecule has 3 aromatic heterocycles. The summed E-state index contributed by atoms with van der Waals surface area (Å²) in [5.41, 5.74) is 5.49. The number of hydrogen-bond acceptors (Lipinski definition) is 5. The van der Waals surface area contributed by atoms with Gasteiger partial charge < -0.3 is 10.3 Å². The van der Waals surface area contributed by atoms with E-state index >= 15 is 0 Å². The Kier molecular flexibility index (Phi) is 4.05. The number of rotatable bonds is 4. The fourth-order valence-corrected chi connectivity index (χ4v) is 4.52. The Morgan fingerprint density at radius 1 is 1.29 bits per heavy atom. The second-order valence-corrected chi connectivity index (χ2v) is 8.09. The maximum atomic E-state index is 12.9. The number of amides is 1. The molecule has 1 aliphatic carbocycles. The molecule has 1 aliphatic rings. The molecule has 0 atom stereocenters. The summed E-state index contributed by atoms with van der Waals surface area (Å²) >= 11 is 1.72. The van der Waals surface area contributed by atoms with E-state index in [2.05, 4.69) is 25.4 Å². The second-order valence-electron chi connectivity index (χ2n) is 6.80. The van der Waals surface area contributed by atoms with Gasteiger partial charge in [0.1, 0.15) is 12.7 Å². The first-order valence-electron chi connectivity index (χ1n) is 9.07. The van der Waals surface area contributed by atoms with E-state index in [0.29, 0.717) is 12.1 Å². The lowest BCUT2D eigenvalue weighted by atomic mass is 9.96. The molecule has 28 heavy (non-hydrogen) atoms. The molecule has 0 spiro atoms. The van der Waals surface area contributed by atoms with Gasteiger partial charge in [-0.3, -0.25) is 4.79 Å². The zero-order valence-electron chi connectivity index (χ0n) is 15.3. The Morgan fingerprint density at radius 3 is 2.93 bits per heavy atom. The molecule has 0 bridgehead atoms. The van der Waals surface area contributed by atoms with E-state index in [4.69, 9.17) is 0 Å². The van der Waals surface area contributed by atoms with Crippen LogP contribution in [0.4, 0.5) is 5.69 Å². The van der Waals surface area contributed by atoms with Crippen LogP contribution in [0.3, 0.4) is 0 Å². The lowest BCUT2D eigenvalue weighted by Gasteiger charge is -2.13. The minimum absolute atomic E-state index is 0.125. The van der Waals surface area contributed by atoms with Gasteiger partial charge in [0.25, 0.3) is 5.91 Å². The minimum Gasteiger partial charge on any atom is -0.364 e. The highest BCUT2D eigenvalue weighted by atomic mass is 32.1. The van der Waals surface area contributed by atoms with Gasteiger partial charge in [-0.15, -0.1) is 11.3 Å². The number of carbonyl (C=O) groups is 1. The number of fused-ring (bicyclic) bond motifs is 3. The number of aromatic nitrogens is 5. The van der Waals surface area contributed by atoms with E-state index in [1.165, 1.54) is 11.2 Å². The second kappa shape index (κ2) is 6.72. The molecule has 0 aliphatic heterocycles. The van der Waals surface area contributed by atoms with E-state index < -0.39 is 0 Å². The summed E-state index contributed by atoms with van der Waals surface area (Å²) in [5, 5.41) is 8.14. The van der Waals surface area contributed by atoms with Crippen molar-refractivity contribution in [3.05, 3.63) is 69.8 Å². The first-order valence-corrected chi connectivity index (χ1v) is 9.88. The normalized spacial score (nSPS) is 12.5. The molecule has 2 N–H and O–H groups in total. The van der Waals surface area contributed by atoms with Gasteiger partial charge in [0, 0.05) is 28.0 Å². The molecular formula is C20H18N6OS. The van der Waals surface area contributed by atoms with Crippen molar-refractivity contribution in [2.75, 3.05) is 5.32 Å². The molecular weight excluding hydrogens is 372 g/mol. The van der Waals surface area contributed by atoms with Crippen LogP contribution in [0.1, 0.15) is 31.5 Å². The Morgan fingerprint density at radius 2 is 2.14 bits per heavy atom. The van der Waals surface area contributed by atoms with Gasteiger partial charge in [-0.05, 0) is 37.5 Å². The average molecular weight is 390 g/mol. The van der Waals surface area contributed by atoms with Crippen LogP contribution in [0, 0.1) is 6.92 Å². The van der Waals surface area contributed by atoms with Gasteiger partial charge in [0.2, 0.25) is 0 Å². The maximum Gasteiger partial charge on any atom is 0.257 e. The summed E-state index contributed by atoms with van der Waals surface area (Å²) in [6, 6.07) is 7.76. The van der Waals surface area contributed by atoms with Crippen LogP contribution < -0.4 is 5.32 Å². The number of aromatic amines is 1. The molecule has 0 saturated heterocycles. The number of anilines is 1. The molecule has 8 heteroatoms. The van der Waals surface area contributed by atoms with E-state index in [-0.39, 0.29) is 5.91 Å². The summed E-state index contributed by atoms with van der Waals surface area (Å²) in [7, 11) is 0. The standard InChI is InChI=1S/C20H18N6OS/c1-12-24-19-17(28-12)7-6-16-18(19)15(8-22-16)20(27)25-14-4-2-13(3-5-14)9-26-11-21-10-23-26/h2-5,8,10-11,22H,6-7,9H2,1H3,(H,25,27). The van der Waals surface area contributed by atoms with Gasteiger partial charge in [-0.25, -0.2) is 14.6 Å². The van der Waals surface area contributed by atoms with E-state index in [1.807, 2.05) is 31.2 Å². The molecule has 7 nitrogen and oxygen atoms in total. The van der Waals surface area contributed by atoms with Crippen molar-refractivity contribution in [3.63, 3.8) is 0 Å². The van der Waals surface area contributed by atoms with Crippen molar-refractivity contribution in [1.82, 2.24) is 24.7 Å². The summed E-state index contributed by atoms with van der Waals surface area (Å²) < 4.78 is 1.76. The largest absolute Gasteiger partial charge is 0.364 e. The van der Waals surface area contributed by atoms with Crippen LogP contribution in [0.25, 0.3) is 11.3 Å². The van der Waals surface area contributed by atoms with Gasteiger partial charge >= 0.3 is 0 Å². The molecule has 0 radical (unpaired) electrons. The third-order valence-electron chi connectivity index (χ3n) is 4.87. The molecule has 1 aromatic carbocycles. The smallest absolute Gasteiger partial charge is 0.257 e. The first kappa shape index (κ1) is 16.9. The third kappa shape index (κ3) is 3.01. The summed E-state index contributed by atoms with van der Waals surface area (Å²) in [5.74, 6) is -0.125. The molecule has 1 amide bonds. The molecule has 4 aromatic rings. The third-order valence-corrected chi connectivity index (χ3v) is 5.90. The van der Waals surface area contributed by atoms with Gasteiger partial charge in [0.05, 0.1) is 22.8 Å². The maximum absolute atomic E-state index is 12.9. The lowest BCUT2D eigenvalue weighted by molar-refractivity contribution is 0.102. The van der Waals surface area contributed by atoms with Crippen LogP contribution in [0.5, 0.6) is 0 Å². The monoisotopic (exact) mass is 390 g/mol. The van der Waals surface area contributed by atoms with Crippen molar-refractivity contribution in [2.24, 2.45) is 0 Å². The van der Waals surface area contributed by atoms with Crippen LogP contribution >= 0.6 is 11.3 Å². The predicted molar refractivity (Wildman–Crippen MR) is 108 cm³/mol. The number of nitrogens with zero attached hydrogens (tertiary/aromatic N) is 4. The summed E-state index contributed by atoms with van der Waals surface area (Å²) in [6.07, 6.45) is 6.88. The fourth-order valence-electron chi connectivity index (χ4n) is 3.58. The highest BCUT2D eigenvalue weighted by Gasteiger charge is 2.27. The van der Waals surface area contributed by atoms with Crippen molar-refractivity contribution in [1.29, 1.82) is 0 Å². The Labute approximate surface area is 165 Å². The number of nitrogens with one attached hydrogen (secondary N) is 2. The van der Waals surface area contributed by atoms with Gasteiger partial charge in [-0.1, -0.05) is 12.1 Å². The molecule has 140 valence electrons. The fraction of sp³-hybridized carbons (Fsp3) is 0.200. The number of carbonyl (C=O) groups excluding carboxylic acids is 1. The summed E-state index contributed by atoms with van der Waals surface area (Å²) in [6.45, 7) is 2.65. The zero-order valence-corrected chi connectivity index (χ0v) is 16.1. The van der Waals surface area contributed by atoms with Crippen molar-refractivity contribution < 1.29 is 4.79 Å². The highest BCUT2D eigenvalue weighted by Crippen LogP contribution is 2.38. The Balaban J connectivity index is 1.36. The number of hydrogen-bond donors (Lipinski definition) is 2. The number of aryl methyl sites for hydroxylation is 3. The minimum atomic E-state index is -0.125. The lowest BCUT2D eigenvalue weighted by Crippen LogP contribution is -2.13. The topological polar surface area (TPSA) is 88.5 Å². The average Bonchev–Trinajstić information content (AvgIpc) is 3.41. The zero-order chi connectivity index (χ0) is 19.1. The van der Waals surface area contributed by atoms with Gasteiger partial charge in [0.15, 0.2) is 0 Å². The van der Waals surface area contributed by atoms with E-state index in [1.54, 1.807) is 28.5 Å². The molecule has 0 fully saturated rings.